The Labute approximate surface area is 106 Å². The molecule has 2 rings (SSSR count). The van der Waals surface area contributed by atoms with Crippen LogP contribution in [0.15, 0.2) is 36.5 Å². The first-order valence-corrected chi connectivity index (χ1v) is 6.03. The van der Waals surface area contributed by atoms with Crippen molar-refractivity contribution in [2.24, 2.45) is 5.73 Å². The molecule has 0 spiro atoms. The second-order valence-corrected chi connectivity index (χ2v) is 4.15. The van der Waals surface area contributed by atoms with Crippen molar-refractivity contribution in [3.63, 3.8) is 0 Å². The van der Waals surface area contributed by atoms with E-state index in [9.17, 15) is 4.39 Å². The third kappa shape index (κ3) is 2.71. The highest BCUT2D eigenvalue weighted by atomic mass is 19.1. The van der Waals surface area contributed by atoms with Crippen molar-refractivity contribution in [3.8, 4) is 11.3 Å². The van der Waals surface area contributed by atoms with Crippen molar-refractivity contribution in [2.75, 3.05) is 6.54 Å². The molecule has 0 amide bonds. The van der Waals surface area contributed by atoms with Crippen molar-refractivity contribution in [3.05, 3.63) is 48.2 Å². The summed E-state index contributed by atoms with van der Waals surface area (Å²) in [5, 5.41) is 0. The molecule has 0 bridgehead atoms. The molecule has 1 unspecified atom stereocenters. The van der Waals surface area contributed by atoms with Crippen LogP contribution in [-0.2, 0) is 0 Å². The molecule has 2 aromatic rings. The molecule has 4 heteroatoms. The van der Waals surface area contributed by atoms with E-state index in [2.05, 4.69) is 16.9 Å². The summed E-state index contributed by atoms with van der Waals surface area (Å²) in [7, 11) is 0. The highest BCUT2D eigenvalue weighted by Gasteiger charge is 2.11. The van der Waals surface area contributed by atoms with E-state index in [1.54, 1.807) is 18.3 Å². The van der Waals surface area contributed by atoms with E-state index >= 15 is 0 Å². The van der Waals surface area contributed by atoms with Gasteiger partial charge in [0, 0.05) is 24.2 Å². The van der Waals surface area contributed by atoms with Crippen LogP contribution in [0, 0.1) is 5.82 Å². The van der Waals surface area contributed by atoms with E-state index in [0.717, 1.165) is 23.5 Å². The highest BCUT2D eigenvalue weighted by molar-refractivity contribution is 5.58. The Kier molecular flexibility index (Phi) is 3.99. The van der Waals surface area contributed by atoms with Crippen LogP contribution in [0.4, 0.5) is 4.39 Å². The number of hydrogen-bond acceptors (Lipinski definition) is 3. The lowest BCUT2D eigenvalue weighted by molar-refractivity contribution is 0.626. The van der Waals surface area contributed by atoms with E-state index in [1.807, 2.05) is 6.07 Å². The van der Waals surface area contributed by atoms with Crippen LogP contribution >= 0.6 is 0 Å². The molecule has 0 radical (unpaired) electrons. The monoisotopic (exact) mass is 245 g/mol. The van der Waals surface area contributed by atoms with Gasteiger partial charge in [0.05, 0.1) is 5.69 Å². The highest BCUT2D eigenvalue weighted by Crippen LogP contribution is 2.20. The molecule has 2 N–H and O–H groups in total. The van der Waals surface area contributed by atoms with Crippen LogP contribution in [-0.4, -0.2) is 16.5 Å². The Hall–Kier alpha value is -1.81. The average Bonchev–Trinajstić information content (AvgIpc) is 2.41. The first-order valence-electron chi connectivity index (χ1n) is 6.03. The quantitative estimate of drug-likeness (QED) is 0.901. The van der Waals surface area contributed by atoms with Crippen LogP contribution in [0.25, 0.3) is 11.3 Å². The predicted molar refractivity (Wildman–Crippen MR) is 69.5 cm³/mol. The number of halogens is 1. The first kappa shape index (κ1) is 12.6. The van der Waals surface area contributed by atoms with Gasteiger partial charge in [-0.25, -0.2) is 14.4 Å². The maximum Gasteiger partial charge on any atom is 0.133 e. The summed E-state index contributed by atoms with van der Waals surface area (Å²) in [5.41, 5.74) is 7.17. The number of nitrogens with two attached hydrogens (primary N) is 1. The number of aromatic nitrogens is 2. The van der Waals surface area contributed by atoms with Gasteiger partial charge in [-0.1, -0.05) is 19.1 Å². The zero-order valence-electron chi connectivity index (χ0n) is 10.3. The van der Waals surface area contributed by atoms with Crippen LogP contribution in [0.1, 0.15) is 25.1 Å². The zero-order valence-corrected chi connectivity index (χ0v) is 10.3. The average molecular weight is 245 g/mol. The minimum atomic E-state index is -0.265. The Balaban J connectivity index is 2.38. The van der Waals surface area contributed by atoms with Crippen LogP contribution < -0.4 is 5.73 Å². The summed E-state index contributed by atoms with van der Waals surface area (Å²) < 4.78 is 13.2. The van der Waals surface area contributed by atoms with Crippen molar-refractivity contribution in [1.29, 1.82) is 0 Å². The molecule has 18 heavy (non-hydrogen) atoms. The fraction of sp³-hybridized carbons (Fsp3) is 0.286. The summed E-state index contributed by atoms with van der Waals surface area (Å²) in [4.78, 5) is 8.71. The van der Waals surface area contributed by atoms with E-state index in [1.165, 1.54) is 12.1 Å². The molecule has 0 saturated carbocycles. The Morgan fingerprint density at radius 2 is 2.17 bits per heavy atom. The van der Waals surface area contributed by atoms with Gasteiger partial charge in [0.15, 0.2) is 0 Å². The molecule has 0 saturated heterocycles. The van der Waals surface area contributed by atoms with Crippen LogP contribution in [0.5, 0.6) is 0 Å². The molecule has 0 fully saturated rings. The van der Waals surface area contributed by atoms with Gasteiger partial charge in [-0.3, -0.25) is 0 Å². The van der Waals surface area contributed by atoms with Gasteiger partial charge in [0.25, 0.3) is 0 Å². The normalized spacial score (nSPS) is 12.4. The molecular weight excluding hydrogens is 229 g/mol. The van der Waals surface area contributed by atoms with Gasteiger partial charge in [-0.05, 0) is 24.6 Å². The molecular formula is C14H16FN3. The summed E-state index contributed by atoms with van der Waals surface area (Å²) >= 11 is 0. The fourth-order valence-electron chi connectivity index (χ4n) is 1.83. The number of benzene rings is 1. The van der Waals surface area contributed by atoms with Crippen LogP contribution in [0.2, 0.25) is 0 Å². The Morgan fingerprint density at radius 3 is 2.83 bits per heavy atom. The largest absolute Gasteiger partial charge is 0.330 e. The van der Waals surface area contributed by atoms with Gasteiger partial charge in [0.2, 0.25) is 0 Å². The summed E-state index contributed by atoms with van der Waals surface area (Å²) in [6.07, 6.45) is 2.59. The van der Waals surface area contributed by atoms with E-state index in [0.29, 0.717) is 6.54 Å². The number of nitrogens with zero attached hydrogens (tertiary/aromatic N) is 2. The number of hydrogen-bond donors (Lipinski definition) is 1. The summed E-state index contributed by atoms with van der Waals surface area (Å²) in [6.45, 7) is 2.57. The zero-order chi connectivity index (χ0) is 13.0. The second-order valence-electron chi connectivity index (χ2n) is 4.15. The van der Waals surface area contributed by atoms with Gasteiger partial charge in [0.1, 0.15) is 11.6 Å². The lowest BCUT2D eigenvalue weighted by Gasteiger charge is -2.11. The number of rotatable bonds is 4. The second kappa shape index (κ2) is 5.69. The van der Waals surface area contributed by atoms with Gasteiger partial charge >= 0.3 is 0 Å². The van der Waals surface area contributed by atoms with E-state index in [4.69, 9.17) is 5.73 Å². The fourth-order valence-corrected chi connectivity index (χ4v) is 1.83. The first-order chi connectivity index (χ1) is 8.74. The molecule has 1 aromatic carbocycles. The van der Waals surface area contributed by atoms with Gasteiger partial charge in [-0.2, -0.15) is 0 Å². The van der Waals surface area contributed by atoms with Crippen molar-refractivity contribution >= 4 is 0 Å². The van der Waals surface area contributed by atoms with Crippen molar-refractivity contribution in [2.45, 2.75) is 19.3 Å². The molecule has 0 aliphatic carbocycles. The standard InChI is InChI=1S/C14H16FN3/c1-2-10(9-16)14-17-7-6-13(18-14)11-4-3-5-12(15)8-11/h3-8,10H,2,9,16H2,1H3. The smallest absolute Gasteiger partial charge is 0.133 e. The molecule has 94 valence electrons. The van der Waals surface area contributed by atoms with E-state index < -0.39 is 0 Å². The Bertz CT molecular complexity index is 524. The SMILES string of the molecule is CCC(CN)c1nccc(-c2cccc(F)c2)n1. The summed E-state index contributed by atoms with van der Waals surface area (Å²) in [6, 6.07) is 8.17. The lowest BCUT2D eigenvalue weighted by atomic mass is 10.1. The Morgan fingerprint density at radius 1 is 1.33 bits per heavy atom. The van der Waals surface area contributed by atoms with Crippen LogP contribution in [0.3, 0.4) is 0 Å². The van der Waals surface area contributed by atoms with Gasteiger partial charge < -0.3 is 5.73 Å². The van der Waals surface area contributed by atoms with Crippen molar-refractivity contribution < 1.29 is 4.39 Å². The summed E-state index contributed by atoms with van der Waals surface area (Å²) in [5.74, 6) is 0.610. The molecule has 0 aliphatic rings. The molecule has 1 atom stereocenters. The lowest BCUT2D eigenvalue weighted by Crippen LogP contribution is -2.14. The van der Waals surface area contributed by atoms with Crippen molar-refractivity contribution in [1.82, 2.24) is 9.97 Å². The topological polar surface area (TPSA) is 51.8 Å². The van der Waals surface area contributed by atoms with Gasteiger partial charge in [-0.15, -0.1) is 0 Å². The maximum atomic E-state index is 13.2. The minimum absolute atomic E-state index is 0.151. The molecule has 1 heterocycles. The van der Waals surface area contributed by atoms with E-state index in [-0.39, 0.29) is 11.7 Å². The molecule has 0 aliphatic heterocycles. The third-order valence-electron chi connectivity index (χ3n) is 2.94. The minimum Gasteiger partial charge on any atom is -0.330 e. The maximum absolute atomic E-state index is 13.2. The predicted octanol–water partition coefficient (Wildman–Crippen LogP) is 2.74. The molecule has 1 aromatic heterocycles. The third-order valence-corrected chi connectivity index (χ3v) is 2.94. The molecule has 3 nitrogen and oxygen atoms in total.